The SMILES string of the molecule is C/C(NCC12CC3(C)CC(C)(C1)CC(OCCN1CCNCC1)(C3)C2)=C(/C=N)c1ccc(N2CCCc3c2nnc(Nc2nc4cccc(F)c4s2)c3C)nc1C(=O)O. The molecule has 1 saturated heterocycles. The number of carbonyl (C=O) groups is 1. The largest absolute Gasteiger partial charge is 0.476 e. The Labute approximate surface area is 348 Å². The van der Waals surface area contributed by atoms with Gasteiger partial charge in [-0.25, -0.2) is 19.2 Å². The van der Waals surface area contributed by atoms with Crippen molar-refractivity contribution in [2.45, 2.75) is 84.7 Å². The normalized spacial score (nSPS) is 28.1. The van der Waals surface area contributed by atoms with E-state index < -0.39 is 5.97 Å². The van der Waals surface area contributed by atoms with Gasteiger partial charge in [0.1, 0.15) is 11.6 Å². The number of hydrogen-bond acceptors (Lipinski definition) is 13. The van der Waals surface area contributed by atoms with Gasteiger partial charge in [-0.05, 0) is 106 Å². The first-order chi connectivity index (χ1) is 28.3. The number of anilines is 4. The lowest BCUT2D eigenvalue weighted by Crippen LogP contribution is -2.65. The minimum Gasteiger partial charge on any atom is -0.476 e. The molecule has 0 amide bonds. The average molecular weight is 823 g/mol. The zero-order valence-electron chi connectivity index (χ0n) is 34.5. The minimum atomic E-state index is -1.16. The van der Waals surface area contributed by atoms with Crippen molar-refractivity contribution in [2.24, 2.45) is 16.2 Å². The number of aromatic nitrogens is 4. The quantitative estimate of drug-likeness (QED) is 0.0847. The Morgan fingerprint density at radius 3 is 2.56 bits per heavy atom. The zero-order valence-corrected chi connectivity index (χ0v) is 35.3. The summed E-state index contributed by atoms with van der Waals surface area (Å²) in [7, 11) is 0. The summed E-state index contributed by atoms with van der Waals surface area (Å²) in [5, 5.41) is 39.1. The molecule has 15 heteroatoms. The Bertz CT molecular complexity index is 2320. The van der Waals surface area contributed by atoms with E-state index in [0.717, 1.165) is 108 Å². The van der Waals surface area contributed by atoms with Crippen LogP contribution in [0.1, 0.15) is 92.9 Å². The summed E-state index contributed by atoms with van der Waals surface area (Å²) in [6, 6.07) is 8.42. The zero-order chi connectivity index (χ0) is 41.2. The molecule has 10 rings (SSSR count). The van der Waals surface area contributed by atoms with Crippen molar-refractivity contribution >= 4 is 61.9 Å². The fourth-order valence-corrected chi connectivity index (χ4v) is 13.1. The number of aromatic carboxylic acids is 1. The molecule has 4 aromatic rings. The summed E-state index contributed by atoms with van der Waals surface area (Å²) in [6.07, 6.45) is 9.53. The molecule has 2 unspecified atom stereocenters. The highest BCUT2D eigenvalue weighted by Crippen LogP contribution is 2.71. The molecule has 3 aromatic heterocycles. The van der Waals surface area contributed by atoms with Crippen LogP contribution in [0.25, 0.3) is 15.8 Å². The van der Waals surface area contributed by atoms with Gasteiger partial charge in [0.2, 0.25) is 0 Å². The molecule has 6 aliphatic rings. The van der Waals surface area contributed by atoms with Crippen molar-refractivity contribution in [3.8, 4) is 0 Å². The second-order valence-electron chi connectivity index (χ2n) is 18.7. The number of fused-ring (bicyclic) bond motifs is 2. The number of nitrogens with zero attached hydrogens (tertiary/aromatic N) is 6. The molecule has 2 aliphatic heterocycles. The molecule has 0 spiro atoms. The Morgan fingerprint density at radius 2 is 1.83 bits per heavy atom. The van der Waals surface area contributed by atoms with Crippen LogP contribution in [0.3, 0.4) is 0 Å². The maximum absolute atomic E-state index is 14.4. The van der Waals surface area contributed by atoms with E-state index in [1.807, 2.05) is 24.8 Å². The monoisotopic (exact) mass is 822 g/mol. The summed E-state index contributed by atoms with van der Waals surface area (Å²) >= 11 is 1.22. The molecular formula is C44H55FN10O3S. The first kappa shape index (κ1) is 39.9. The number of halogens is 1. The number of carboxylic acid groups (broad SMARTS) is 1. The maximum atomic E-state index is 14.4. The van der Waals surface area contributed by atoms with Gasteiger partial charge in [-0.15, -0.1) is 10.2 Å². The van der Waals surface area contributed by atoms with E-state index in [-0.39, 0.29) is 33.4 Å². The fourth-order valence-electron chi connectivity index (χ4n) is 12.3. The summed E-state index contributed by atoms with van der Waals surface area (Å²) in [6.45, 7) is 16.1. The van der Waals surface area contributed by atoms with E-state index in [9.17, 15) is 14.3 Å². The van der Waals surface area contributed by atoms with Gasteiger partial charge in [0.25, 0.3) is 0 Å². The average Bonchev–Trinajstić information content (AvgIpc) is 3.61. The molecule has 4 saturated carbocycles. The van der Waals surface area contributed by atoms with Gasteiger partial charge in [-0.3, -0.25) is 4.90 Å². The molecule has 5 fully saturated rings. The minimum absolute atomic E-state index is 0.0436. The Morgan fingerprint density at radius 1 is 1.05 bits per heavy atom. The van der Waals surface area contributed by atoms with Crippen LogP contribution in [-0.2, 0) is 11.2 Å². The second-order valence-corrected chi connectivity index (χ2v) is 19.7. The molecule has 2 atom stereocenters. The van der Waals surface area contributed by atoms with Crippen LogP contribution >= 0.6 is 11.3 Å². The number of rotatable bonds is 13. The van der Waals surface area contributed by atoms with Crippen LogP contribution in [-0.4, -0.2) is 100 Å². The summed E-state index contributed by atoms with van der Waals surface area (Å²) in [5.41, 5.74) is 4.32. The standard InChI is InChI=1S/C44H55FN10O3S/c1-27-29-7-6-14-55(38(29)53-52-37(27)51-40-49-33-9-5-8-32(45)36(33)59-40)34-11-10-30(35(50-34)39(56)57)31(19-46)28(2)48-26-43-21-41(3)20-42(4,22-43)24-44(23-41,25-43)58-18-17-54-15-12-47-13-16-54/h5,8-11,19,46-48H,6-7,12-18,20-26H2,1-4H3,(H,56,57)(H,49,51,52)/b31-28+,46-19?. The highest BCUT2D eigenvalue weighted by atomic mass is 32.1. The summed E-state index contributed by atoms with van der Waals surface area (Å²) < 4.78 is 21.8. The van der Waals surface area contributed by atoms with E-state index in [1.54, 1.807) is 18.2 Å². The topological polar surface area (TPSA) is 165 Å². The number of allylic oxidation sites excluding steroid dienone is 2. The first-order valence-electron chi connectivity index (χ1n) is 21.0. The van der Waals surface area contributed by atoms with Crippen molar-refractivity contribution in [1.29, 1.82) is 5.41 Å². The first-order valence-corrected chi connectivity index (χ1v) is 21.8. The molecule has 1 aromatic carbocycles. The van der Waals surface area contributed by atoms with Crippen LogP contribution in [0, 0.1) is 34.4 Å². The molecular weight excluding hydrogens is 768 g/mol. The van der Waals surface area contributed by atoms with Gasteiger partial charge < -0.3 is 36.1 Å². The number of ether oxygens (including phenoxy) is 1. The lowest BCUT2D eigenvalue weighted by atomic mass is 9.39. The molecule has 5 heterocycles. The van der Waals surface area contributed by atoms with Crippen LogP contribution < -0.4 is 20.9 Å². The number of hydrogen-bond donors (Lipinski definition) is 5. The number of nitrogens with one attached hydrogen (secondary N) is 4. The third-order valence-electron chi connectivity index (χ3n) is 13.6. The summed E-state index contributed by atoms with van der Waals surface area (Å²) in [4.78, 5) is 26.6. The Hall–Kier alpha value is -4.57. The van der Waals surface area contributed by atoms with Crippen molar-refractivity contribution in [3.63, 3.8) is 0 Å². The van der Waals surface area contributed by atoms with Gasteiger partial charge in [0, 0.05) is 80.0 Å². The molecule has 4 aliphatic carbocycles. The lowest BCUT2D eigenvalue weighted by Gasteiger charge is -2.69. The van der Waals surface area contributed by atoms with Gasteiger partial charge in [0.05, 0.1) is 22.4 Å². The van der Waals surface area contributed by atoms with E-state index in [1.165, 1.54) is 30.0 Å². The highest BCUT2D eigenvalue weighted by Gasteiger charge is 2.66. The number of pyridine rings is 1. The van der Waals surface area contributed by atoms with Crippen LogP contribution in [0.5, 0.6) is 0 Å². The molecule has 4 bridgehead atoms. The van der Waals surface area contributed by atoms with Crippen molar-refractivity contribution in [3.05, 3.63) is 64.2 Å². The fraction of sp³-hybridized carbons (Fsp3) is 0.545. The Kier molecular flexibility index (Phi) is 10.2. The molecule has 0 radical (unpaired) electrons. The third-order valence-corrected chi connectivity index (χ3v) is 14.6. The number of carboxylic acids is 1. The smallest absolute Gasteiger partial charge is 0.355 e. The third kappa shape index (κ3) is 7.59. The molecule has 5 N–H and O–H groups in total. The van der Waals surface area contributed by atoms with E-state index in [2.05, 4.69) is 49.9 Å². The highest BCUT2D eigenvalue weighted by molar-refractivity contribution is 7.22. The van der Waals surface area contributed by atoms with E-state index in [4.69, 9.17) is 15.1 Å². The van der Waals surface area contributed by atoms with Gasteiger partial charge in [-0.1, -0.05) is 31.3 Å². The van der Waals surface area contributed by atoms with Gasteiger partial charge in [-0.2, -0.15) is 0 Å². The Balaban J connectivity index is 0.941. The van der Waals surface area contributed by atoms with Gasteiger partial charge >= 0.3 is 5.97 Å². The molecule has 13 nitrogen and oxygen atoms in total. The molecule has 312 valence electrons. The van der Waals surface area contributed by atoms with Crippen LogP contribution in [0.15, 0.2) is 36.0 Å². The summed E-state index contributed by atoms with van der Waals surface area (Å²) in [5.74, 6) is 0.130. The van der Waals surface area contributed by atoms with Crippen molar-refractivity contribution in [1.82, 2.24) is 35.7 Å². The van der Waals surface area contributed by atoms with E-state index >= 15 is 0 Å². The van der Waals surface area contributed by atoms with E-state index in [0.29, 0.717) is 50.5 Å². The maximum Gasteiger partial charge on any atom is 0.355 e. The van der Waals surface area contributed by atoms with Crippen LogP contribution in [0.4, 0.5) is 27.0 Å². The van der Waals surface area contributed by atoms with Gasteiger partial charge in [0.15, 0.2) is 22.5 Å². The van der Waals surface area contributed by atoms with Crippen molar-refractivity contribution < 1.29 is 19.0 Å². The predicted molar refractivity (Wildman–Crippen MR) is 230 cm³/mol. The second kappa shape index (κ2) is 15.2. The number of piperazine rings is 1. The molecule has 59 heavy (non-hydrogen) atoms. The number of benzene rings is 1. The predicted octanol–water partition coefficient (Wildman–Crippen LogP) is 7.47. The number of thiazole rings is 1. The van der Waals surface area contributed by atoms with Crippen LogP contribution in [0.2, 0.25) is 0 Å². The van der Waals surface area contributed by atoms with Crippen molar-refractivity contribution in [2.75, 3.05) is 62.6 Å². The lowest BCUT2D eigenvalue weighted by molar-refractivity contribution is -0.244.